The van der Waals surface area contributed by atoms with Crippen molar-refractivity contribution in [3.63, 3.8) is 0 Å². The number of aromatic nitrogens is 2. The molecule has 15 heteroatoms. The maximum absolute atomic E-state index is 14.1. The van der Waals surface area contributed by atoms with Crippen LogP contribution in [-0.4, -0.2) is 48.3 Å². The number of alkyl halides is 5. The third kappa shape index (κ3) is 6.93. The second-order valence-corrected chi connectivity index (χ2v) is 13.5. The molecule has 2 N–H and O–H groups in total. The fourth-order valence-corrected chi connectivity index (χ4v) is 6.83. The molecule has 245 valence electrons. The molecular formula is C32H28ClF5N5O3Si. The van der Waals surface area contributed by atoms with Crippen molar-refractivity contribution in [2.75, 3.05) is 12.0 Å². The lowest BCUT2D eigenvalue weighted by atomic mass is 9.98. The molecule has 0 fully saturated rings. The highest BCUT2D eigenvalue weighted by Gasteiger charge is 2.33. The molecule has 0 saturated heterocycles. The predicted octanol–water partition coefficient (Wildman–Crippen LogP) is 5.73. The summed E-state index contributed by atoms with van der Waals surface area (Å²) in [6.45, 7) is 3.42. The molecule has 4 aromatic rings. The summed E-state index contributed by atoms with van der Waals surface area (Å²) >= 11 is 5.90. The van der Waals surface area contributed by atoms with Crippen LogP contribution in [0.1, 0.15) is 56.4 Å². The highest BCUT2D eigenvalue weighted by molar-refractivity contribution is 6.74. The second kappa shape index (κ2) is 13.3. The summed E-state index contributed by atoms with van der Waals surface area (Å²) in [7, 11) is -0.357. The molecule has 0 saturated carbocycles. The van der Waals surface area contributed by atoms with Gasteiger partial charge in [0, 0.05) is 40.4 Å². The van der Waals surface area contributed by atoms with Crippen LogP contribution in [0.25, 0.3) is 5.69 Å². The van der Waals surface area contributed by atoms with Crippen LogP contribution < -0.4 is 21.0 Å². The lowest BCUT2D eigenvalue weighted by Crippen LogP contribution is -2.46. The molecule has 0 aliphatic carbocycles. The normalized spacial score (nSPS) is 14.7. The zero-order valence-electron chi connectivity index (χ0n) is 25.3. The topological polar surface area (TPSA) is 96.3 Å². The van der Waals surface area contributed by atoms with Crippen LogP contribution in [-0.2, 0) is 19.1 Å². The van der Waals surface area contributed by atoms with Crippen LogP contribution in [0.5, 0.6) is 0 Å². The molecule has 0 bridgehead atoms. The van der Waals surface area contributed by atoms with Crippen LogP contribution in [0.2, 0.25) is 11.6 Å². The van der Waals surface area contributed by atoms with E-state index in [1.807, 2.05) is 0 Å². The Hall–Kier alpha value is -4.56. The lowest BCUT2D eigenvalue weighted by Gasteiger charge is -2.35. The Kier molecular flexibility index (Phi) is 9.55. The molecule has 8 nitrogen and oxygen atoms in total. The minimum Gasteiger partial charge on any atom is -0.377 e. The molecule has 1 aromatic heterocycles. The predicted molar refractivity (Wildman–Crippen MR) is 169 cm³/mol. The molecule has 2 amide bonds. The largest absolute Gasteiger partial charge is 0.416 e. The van der Waals surface area contributed by atoms with Gasteiger partial charge in [-0.1, -0.05) is 35.9 Å². The van der Waals surface area contributed by atoms with E-state index in [0.717, 1.165) is 18.2 Å². The molecule has 47 heavy (non-hydrogen) atoms. The van der Waals surface area contributed by atoms with E-state index in [2.05, 4.69) is 10.3 Å². The van der Waals surface area contributed by atoms with Crippen molar-refractivity contribution < 1.29 is 31.5 Å². The third-order valence-electron chi connectivity index (χ3n) is 7.91. The molecule has 0 unspecified atom stereocenters. The number of hydrogen-bond donors (Lipinski definition) is 2. The van der Waals surface area contributed by atoms with Crippen molar-refractivity contribution in [2.24, 2.45) is 0 Å². The van der Waals surface area contributed by atoms with Gasteiger partial charge in [0.25, 0.3) is 23.8 Å². The first-order chi connectivity index (χ1) is 22.2. The van der Waals surface area contributed by atoms with Crippen molar-refractivity contribution in [3.8, 4) is 5.69 Å². The highest BCUT2D eigenvalue weighted by Crippen LogP contribution is 2.31. The minimum atomic E-state index is -4.50. The quantitative estimate of drug-likeness (QED) is 0.191. The van der Waals surface area contributed by atoms with E-state index < -0.39 is 50.2 Å². The van der Waals surface area contributed by atoms with Gasteiger partial charge in [-0.05, 0) is 67.5 Å². The number of carbonyl (C=O) groups excluding carboxylic acids is 2. The molecule has 3 aromatic carbocycles. The Morgan fingerprint density at radius 1 is 1.02 bits per heavy atom. The van der Waals surface area contributed by atoms with Crippen molar-refractivity contribution in [2.45, 2.75) is 45.1 Å². The Balaban J connectivity index is 1.56. The Morgan fingerprint density at radius 2 is 1.66 bits per heavy atom. The lowest BCUT2D eigenvalue weighted by molar-refractivity contribution is -0.137. The Morgan fingerprint density at radius 3 is 2.26 bits per heavy atom. The number of fused-ring (bicyclic) bond motifs is 1. The average Bonchev–Trinajstić information content (AvgIpc) is 3.04. The van der Waals surface area contributed by atoms with Crippen LogP contribution in [0.3, 0.4) is 0 Å². The molecule has 1 atom stereocenters. The van der Waals surface area contributed by atoms with Crippen LogP contribution in [0.4, 0.5) is 27.9 Å². The highest BCUT2D eigenvalue weighted by atomic mass is 35.5. The number of nitrogens with one attached hydrogen (secondary N) is 2. The number of anilines is 1. The molecule has 5 rings (SSSR count). The van der Waals surface area contributed by atoms with E-state index in [4.69, 9.17) is 16.6 Å². The van der Waals surface area contributed by atoms with Gasteiger partial charge < -0.3 is 15.2 Å². The van der Waals surface area contributed by atoms with Gasteiger partial charge in [0.15, 0.2) is 0 Å². The SMILES string of the molecule is CNC(=O)c1ccc(-n2c(N[Si](C)c3ccc(C(F)(F)F)cc3)nc3c(c2=O)C[C@@H](C)N(C(=O)c2ccc(Cl)c(C(F)F)c2)C3)cc1. The number of benzene rings is 3. The monoisotopic (exact) mass is 688 g/mol. The number of hydrogen-bond acceptors (Lipinski definition) is 5. The molecule has 1 aliphatic rings. The minimum absolute atomic E-state index is 0.00394. The van der Waals surface area contributed by atoms with Gasteiger partial charge in [0.1, 0.15) is 0 Å². The van der Waals surface area contributed by atoms with Gasteiger partial charge in [0.05, 0.1) is 23.5 Å². The first-order valence-corrected chi connectivity index (χ1v) is 16.7. The zero-order valence-corrected chi connectivity index (χ0v) is 27.0. The molecule has 1 aliphatic heterocycles. The summed E-state index contributed by atoms with van der Waals surface area (Å²) in [5.41, 5.74) is -0.334. The molecule has 0 spiro atoms. The summed E-state index contributed by atoms with van der Waals surface area (Å²) in [5.74, 6) is -0.782. The first-order valence-electron chi connectivity index (χ1n) is 14.3. The van der Waals surface area contributed by atoms with Gasteiger partial charge in [-0.2, -0.15) is 13.2 Å². The van der Waals surface area contributed by atoms with E-state index in [9.17, 15) is 36.3 Å². The maximum atomic E-state index is 14.1. The average molecular weight is 689 g/mol. The first kappa shape index (κ1) is 33.8. The molecule has 2 heterocycles. The molecule has 1 radical (unpaired) electrons. The Labute approximate surface area is 272 Å². The summed E-state index contributed by atoms with van der Waals surface area (Å²) in [5, 5.41) is 2.94. The third-order valence-corrected chi connectivity index (χ3v) is 10.1. The standard InChI is InChI=1S/C32H28ClF5N5O3Si/c1-17-14-24-26(16-42(17)29(45)19-6-13-25(33)23(15-19)27(34)35)40-31(41-47(3)22-11-7-20(8-12-22)32(36,37)38)43(30(24)46)21-9-4-18(5-10-21)28(44)39-2/h4-13,15,17,27H,14,16H2,1-3H3,(H,39,44)(H,40,41)/t17-/m1/s1. The number of nitrogens with zero attached hydrogens (tertiary/aromatic N) is 3. The van der Waals surface area contributed by atoms with Gasteiger partial charge in [-0.15, -0.1) is 0 Å². The van der Waals surface area contributed by atoms with E-state index in [-0.39, 0.29) is 41.1 Å². The second-order valence-electron chi connectivity index (χ2n) is 11.0. The van der Waals surface area contributed by atoms with E-state index >= 15 is 0 Å². The fourth-order valence-electron chi connectivity index (χ4n) is 5.32. The van der Waals surface area contributed by atoms with Gasteiger partial charge >= 0.3 is 6.18 Å². The number of halogens is 6. The van der Waals surface area contributed by atoms with Crippen molar-refractivity contribution in [1.82, 2.24) is 19.8 Å². The van der Waals surface area contributed by atoms with E-state index in [0.29, 0.717) is 22.0 Å². The van der Waals surface area contributed by atoms with E-state index in [1.54, 1.807) is 37.7 Å². The van der Waals surface area contributed by atoms with E-state index in [1.165, 1.54) is 40.8 Å². The number of rotatable bonds is 7. The summed E-state index contributed by atoms with van der Waals surface area (Å²) in [4.78, 5) is 49.2. The number of amides is 2. The van der Waals surface area contributed by atoms with Crippen LogP contribution in [0, 0.1) is 0 Å². The van der Waals surface area contributed by atoms with Crippen LogP contribution in [0.15, 0.2) is 71.5 Å². The van der Waals surface area contributed by atoms with Crippen LogP contribution >= 0.6 is 11.6 Å². The van der Waals surface area contributed by atoms with Gasteiger partial charge in [0.2, 0.25) is 14.9 Å². The van der Waals surface area contributed by atoms with Gasteiger partial charge in [-0.3, -0.25) is 14.4 Å². The zero-order chi connectivity index (χ0) is 34.2. The summed E-state index contributed by atoms with van der Waals surface area (Å²) < 4.78 is 67.8. The maximum Gasteiger partial charge on any atom is 0.416 e. The fraction of sp³-hybridized carbons (Fsp3) is 0.250. The van der Waals surface area contributed by atoms with Crippen molar-refractivity contribution in [1.29, 1.82) is 0 Å². The van der Waals surface area contributed by atoms with Crippen molar-refractivity contribution in [3.05, 3.63) is 116 Å². The molecular weight excluding hydrogens is 661 g/mol. The van der Waals surface area contributed by atoms with Gasteiger partial charge in [-0.25, -0.2) is 18.3 Å². The van der Waals surface area contributed by atoms with Crippen molar-refractivity contribution >= 4 is 43.5 Å². The summed E-state index contributed by atoms with van der Waals surface area (Å²) in [6, 6.07) is 14.1. The Bertz CT molecular complexity index is 1880. The smallest absolute Gasteiger partial charge is 0.377 e. The summed E-state index contributed by atoms with van der Waals surface area (Å²) in [6.07, 6.45) is -7.27. The number of carbonyl (C=O) groups is 2.